The minimum atomic E-state index is 0.470. The van der Waals surface area contributed by atoms with Gasteiger partial charge in [0.2, 0.25) is 0 Å². The molecule has 0 aliphatic heterocycles. The van der Waals surface area contributed by atoms with E-state index in [-0.39, 0.29) is 0 Å². The van der Waals surface area contributed by atoms with Gasteiger partial charge in [-0.3, -0.25) is 0 Å². The van der Waals surface area contributed by atoms with Gasteiger partial charge in [-0.05, 0) is 52.7 Å². The summed E-state index contributed by atoms with van der Waals surface area (Å²) >= 11 is 18.4. The normalized spacial score (nSPS) is 10.9. The quantitative estimate of drug-likeness (QED) is 0.327. The molecular formula is C24H18Cl3NO. The fourth-order valence-corrected chi connectivity index (χ4v) is 3.89. The van der Waals surface area contributed by atoms with Crippen LogP contribution in [-0.4, -0.2) is 0 Å². The van der Waals surface area contributed by atoms with Gasteiger partial charge in [-0.1, -0.05) is 77.3 Å². The zero-order chi connectivity index (χ0) is 20.2. The van der Waals surface area contributed by atoms with Gasteiger partial charge >= 0.3 is 0 Å². The molecule has 0 aliphatic rings. The Morgan fingerprint density at radius 1 is 0.724 bits per heavy atom. The maximum absolute atomic E-state index is 6.26. The summed E-state index contributed by atoms with van der Waals surface area (Å²) in [6.07, 6.45) is 0. The summed E-state index contributed by atoms with van der Waals surface area (Å²) in [6.45, 7) is 0.991. The Labute approximate surface area is 185 Å². The zero-order valence-electron chi connectivity index (χ0n) is 15.5. The molecule has 0 unspecified atom stereocenters. The van der Waals surface area contributed by atoms with Crippen LogP contribution in [0, 0.1) is 0 Å². The average molecular weight is 443 g/mol. The lowest BCUT2D eigenvalue weighted by molar-refractivity contribution is 0.305. The third kappa shape index (κ3) is 4.79. The van der Waals surface area contributed by atoms with Crippen LogP contribution in [-0.2, 0) is 13.2 Å². The van der Waals surface area contributed by atoms with Crippen LogP contribution >= 0.6 is 34.8 Å². The summed E-state index contributed by atoms with van der Waals surface area (Å²) in [5, 5.41) is 7.53. The number of benzene rings is 4. The Hall–Kier alpha value is -2.39. The highest BCUT2D eigenvalue weighted by Gasteiger charge is 2.09. The Morgan fingerprint density at radius 2 is 1.48 bits per heavy atom. The van der Waals surface area contributed by atoms with Crippen molar-refractivity contribution in [3.05, 3.63) is 105 Å². The Morgan fingerprint density at radius 3 is 2.34 bits per heavy atom. The highest BCUT2D eigenvalue weighted by molar-refractivity contribution is 6.36. The molecule has 4 rings (SSSR count). The van der Waals surface area contributed by atoms with E-state index in [1.165, 1.54) is 10.8 Å². The van der Waals surface area contributed by atoms with Crippen LogP contribution in [0.2, 0.25) is 15.1 Å². The van der Waals surface area contributed by atoms with Gasteiger partial charge in [0.15, 0.2) is 0 Å². The molecule has 4 aromatic carbocycles. The molecular weight excluding hydrogens is 425 g/mol. The monoisotopic (exact) mass is 441 g/mol. The molecule has 0 spiro atoms. The van der Waals surface area contributed by atoms with Crippen molar-refractivity contribution in [3.8, 4) is 5.75 Å². The van der Waals surface area contributed by atoms with Gasteiger partial charge in [0.1, 0.15) is 12.4 Å². The molecule has 0 saturated carbocycles. The second-order valence-corrected chi connectivity index (χ2v) is 7.94. The SMILES string of the molecule is Clc1ccc(NCc2cc(Cl)ccc2OCc2cccc3ccccc23)c(Cl)c1. The first-order valence-electron chi connectivity index (χ1n) is 9.17. The minimum absolute atomic E-state index is 0.470. The number of ether oxygens (including phenoxy) is 1. The number of rotatable bonds is 6. The van der Waals surface area contributed by atoms with E-state index in [2.05, 4.69) is 29.6 Å². The highest BCUT2D eigenvalue weighted by atomic mass is 35.5. The van der Waals surface area contributed by atoms with E-state index < -0.39 is 0 Å². The zero-order valence-corrected chi connectivity index (χ0v) is 17.7. The first-order chi connectivity index (χ1) is 14.1. The van der Waals surface area contributed by atoms with Crippen LogP contribution in [0.4, 0.5) is 5.69 Å². The molecule has 0 fully saturated rings. The van der Waals surface area contributed by atoms with Gasteiger partial charge in [0.25, 0.3) is 0 Å². The van der Waals surface area contributed by atoms with Crippen molar-refractivity contribution in [3.63, 3.8) is 0 Å². The molecule has 0 amide bonds. The lowest BCUT2D eigenvalue weighted by atomic mass is 10.1. The highest BCUT2D eigenvalue weighted by Crippen LogP contribution is 2.29. The van der Waals surface area contributed by atoms with Gasteiger partial charge in [0.05, 0.1) is 10.7 Å². The average Bonchev–Trinajstić information content (AvgIpc) is 2.72. The molecule has 5 heteroatoms. The van der Waals surface area contributed by atoms with Gasteiger partial charge in [0, 0.05) is 22.2 Å². The second kappa shape index (κ2) is 8.96. The van der Waals surface area contributed by atoms with Crippen molar-refractivity contribution in [2.24, 2.45) is 0 Å². The number of halogens is 3. The third-order valence-corrected chi connectivity index (χ3v) is 5.47. The van der Waals surface area contributed by atoms with Crippen molar-refractivity contribution < 1.29 is 4.74 Å². The van der Waals surface area contributed by atoms with Crippen molar-refractivity contribution in [1.29, 1.82) is 0 Å². The van der Waals surface area contributed by atoms with Gasteiger partial charge in [-0.15, -0.1) is 0 Å². The molecule has 2 nitrogen and oxygen atoms in total. The molecule has 0 atom stereocenters. The third-order valence-electron chi connectivity index (χ3n) is 4.69. The summed E-state index contributed by atoms with van der Waals surface area (Å²) in [5.74, 6) is 0.778. The van der Waals surface area contributed by atoms with Gasteiger partial charge < -0.3 is 10.1 Å². The van der Waals surface area contributed by atoms with E-state index in [1.54, 1.807) is 12.1 Å². The fraction of sp³-hybridized carbons (Fsp3) is 0.0833. The first-order valence-corrected chi connectivity index (χ1v) is 10.3. The second-order valence-electron chi connectivity index (χ2n) is 6.66. The van der Waals surface area contributed by atoms with Gasteiger partial charge in [-0.25, -0.2) is 0 Å². The molecule has 0 aliphatic carbocycles. The molecule has 29 heavy (non-hydrogen) atoms. The molecule has 0 saturated heterocycles. The summed E-state index contributed by atoms with van der Waals surface area (Å²) in [7, 11) is 0. The molecule has 1 N–H and O–H groups in total. The first kappa shape index (κ1) is 19.9. The van der Waals surface area contributed by atoms with E-state index in [0.717, 1.165) is 22.6 Å². The van der Waals surface area contributed by atoms with E-state index in [1.807, 2.05) is 42.5 Å². The van der Waals surface area contributed by atoms with Crippen LogP contribution in [0.3, 0.4) is 0 Å². The van der Waals surface area contributed by atoms with Crippen LogP contribution < -0.4 is 10.1 Å². The number of fused-ring (bicyclic) bond motifs is 1. The van der Waals surface area contributed by atoms with Crippen molar-refractivity contribution in [2.45, 2.75) is 13.2 Å². The van der Waals surface area contributed by atoms with E-state index in [0.29, 0.717) is 28.2 Å². The van der Waals surface area contributed by atoms with Crippen molar-refractivity contribution >= 4 is 51.3 Å². The maximum Gasteiger partial charge on any atom is 0.124 e. The number of nitrogens with one attached hydrogen (secondary N) is 1. The Balaban J connectivity index is 1.53. The molecule has 146 valence electrons. The lowest BCUT2D eigenvalue weighted by Gasteiger charge is -2.15. The summed E-state index contributed by atoms with van der Waals surface area (Å²) in [6, 6.07) is 25.5. The van der Waals surface area contributed by atoms with E-state index >= 15 is 0 Å². The Bertz CT molecular complexity index is 1150. The summed E-state index contributed by atoms with van der Waals surface area (Å²) in [4.78, 5) is 0. The number of anilines is 1. The maximum atomic E-state index is 6.26. The van der Waals surface area contributed by atoms with Crippen molar-refractivity contribution in [1.82, 2.24) is 0 Å². The molecule has 0 heterocycles. The molecule has 0 radical (unpaired) electrons. The predicted octanol–water partition coefficient (Wildman–Crippen LogP) is 7.99. The van der Waals surface area contributed by atoms with Crippen LogP contribution in [0.1, 0.15) is 11.1 Å². The topological polar surface area (TPSA) is 21.3 Å². The van der Waals surface area contributed by atoms with E-state index in [4.69, 9.17) is 39.5 Å². The largest absolute Gasteiger partial charge is 0.489 e. The molecule has 4 aromatic rings. The van der Waals surface area contributed by atoms with E-state index in [9.17, 15) is 0 Å². The predicted molar refractivity (Wildman–Crippen MR) is 124 cm³/mol. The molecule has 0 bridgehead atoms. The molecule has 0 aromatic heterocycles. The van der Waals surface area contributed by atoms with Crippen LogP contribution in [0.25, 0.3) is 10.8 Å². The summed E-state index contributed by atoms with van der Waals surface area (Å²) in [5.41, 5.74) is 2.89. The smallest absolute Gasteiger partial charge is 0.124 e. The van der Waals surface area contributed by atoms with Crippen LogP contribution in [0.5, 0.6) is 5.75 Å². The standard InChI is InChI=1S/C24H18Cl3NO/c25-19-9-11-24(18(12-19)14-28-23-10-8-20(26)13-22(23)27)29-15-17-6-3-5-16-4-1-2-7-21(16)17/h1-13,28H,14-15H2. The Kier molecular flexibility index (Phi) is 6.15. The van der Waals surface area contributed by atoms with Gasteiger partial charge in [-0.2, -0.15) is 0 Å². The number of hydrogen-bond acceptors (Lipinski definition) is 2. The lowest BCUT2D eigenvalue weighted by Crippen LogP contribution is -2.04. The van der Waals surface area contributed by atoms with Crippen molar-refractivity contribution in [2.75, 3.05) is 5.32 Å². The number of hydrogen-bond donors (Lipinski definition) is 1. The fourth-order valence-electron chi connectivity index (χ4n) is 3.22. The van der Waals surface area contributed by atoms with Crippen LogP contribution in [0.15, 0.2) is 78.9 Å². The minimum Gasteiger partial charge on any atom is -0.489 e. The summed E-state index contributed by atoms with van der Waals surface area (Å²) < 4.78 is 6.17.